The molecule has 1 fully saturated rings. The van der Waals surface area contributed by atoms with Crippen molar-refractivity contribution in [2.75, 3.05) is 7.11 Å². The van der Waals surface area contributed by atoms with Crippen LogP contribution in [0, 0.1) is 18.3 Å². The Morgan fingerprint density at radius 3 is 2.56 bits per heavy atom. The van der Waals surface area contributed by atoms with Gasteiger partial charge in [0.15, 0.2) is 0 Å². The molecule has 0 atom stereocenters. The summed E-state index contributed by atoms with van der Waals surface area (Å²) in [4.78, 5) is 0. The number of aryl methyl sites for hydroxylation is 1. The van der Waals surface area contributed by atoms with Crippen LogP contribution in [-0.4, -0.2) is 37.1 Å². The van der Waals surface area contributed by atoms with Gasteiger partial charge in [-0.3, -0.25) is 4.68 Å². The van der Waals surface area contributed by atoms with Crippen molar-refractivity contribution in [1.29, 1.82) is 5.26 Å². The second-order valence-corrected chi connectivity index (χ2v) is 9.82. The zero-order valence-corrected chi connectivity index (χ0v) is 21.5. The highest BCUT2D eigenvalue weighted by atomic mass is 19.3. The normalized spacial score (nSPS) is 13.5. The number of nitriles is 1. The average Bonchev–Trinajstić information content (AvgIpc) is 3.61. The number of benzene rings is 3. The standard InChI is InChI=1S/C29H25F2N7O/c1-18-24-13-10-22(29(30,31)28-33-35-36-38(28)16-19-6-11-23(39-2)12-7-19)14-27(24)37(34-18)17-26-21(15-32)4-3-5-25(26)20-8-9-20/h3-7,10-14,20H,8-9,16-17H2,1-2H3. The first-order valence-corrected chi connectivity index (χ1v) is 12.7. The van der Waals surface area contributed by atoms with Crippen LogP contribution < -0.4 is 4.74 Å². The highest BCUT2D eigenvalue weighted by molar-refractivity contribution is 5.83. The average molecular weight is 526 g/mol. The lowest BCUT2D eigenvalue weighted by molar-refractivity contribution is 0.0281. The number of tetrazole rings is 1. The number of alkyl halides is 2. The monoisotopic (exact) mass is 525 g/mol. The minimum atomic E-state index is -3.46. The van der Waals surface area contributed by atoms with Crippen LogP contribution in [0.5, 0.6) is 5.75 Å². The minimum absolute atomic E-state index is 0.0795. The Bertz CT molecular complexity index is 1710. The summed E-state index contributed by atoms with van der Waals surface area (Å²) in [5, 5.41) is 26.3. The fourth-order valence-electron chi connectivity index (χ4n) is 5.04. The van der Waals surface area contributed by atoms with Crippen molar-refractivity contribution in [3.8, 4) is 11.8 Å². The zero-order valence-electron chi connectivity index (χ0n) is 21.5. The van der Waals surface area contributed by atoms with Crippen LogP contribution in [0.15, 0.2) is 60.7 Å². The molecule has 8 nitrogen and oxygen atoms in total. The number of aromatic nitrogens is 6. The summed E-state index contributed by atoms with van der Waals surface area (Å²) >= 11 is 0. The minimum Gasteiger partial charge on any atom is -0.497 e. The van der Waals surface area contributed by atoms with E-state index in [1.54, 1.807) is 48.2 Å². The highest BCUT2D eigenvalue weighted by Crippen LogP contribution is 2.43. The molecule has 39 heavy (non-hydrogen) atoms. The van der Waals surface area contributed by atoms with Gasteiger partial charge in [0.1, 0.15) is 5.75 Å². The Balaban J connectivity index is 1.37. The second kappa shape index (κ2) is 9.58. The summed E-state index contributed by atoms with van der Waals surface area (Å²) in [5.41, 5.74) is 4.42. The van der Waals surface area contributed by atoms with Crippen LogP contribution in [0.1, 0.15) is 58.1 Å². The van der Waals surface area contributed by atoms with E-state index >= 15 is 8.78 Å². The lowest BCUT2D eigenvalue weighted by atomic mass is 9.98. The zero-order chi connectivity index (χ0) is 27.1. The molecule has 0 bridgehead atoms. The van der Waals surface area contributed by atoms with Crippen molar-refractivity contribution in [3.05, 3.63) is 100.0 Å². The first kappa shape index (κ1) is 24.7. The van der Waals surface area contributed by atoms with Crippen molar-refractivity contribution in [1.82, 2.24) is 30.0 Å². The third kappa shape index (κ3) is 4.50. The van der Waals surface area contributed by atoms with Gasteiger partial charge in [0.2, 0.25) is 5.82 Å². The molecule has 1 aliphatic rings. The molecule has 1 saturated carbocycles. The molecule has 0 radical (unpaired) electrons. The number of rotatable bonds is 8. The first-order chi connectivity index (χ1) is 18.9. The SMILES string of the molecule is COc1ccc(Cn2nnnc2C(F)(F)c2ccc3c(C)nn(Cc4c(C#N)cccc4C4CC4)c3c2)cc1. The Morgan fingerprint density at radius 1 is 1.05 bits per heavy atom. The maximum absolute atomic E-state index is 15.9. The van der Waals surface area contributed by atoms with Gasteiger partial charge in [-0.2, -0.15) is 19.1 Å². The predicted octanol–water partition coefficient (Wildman–Crippen LogP) is 5.33. The third-order valence-electron chi connectivity index (χ3n) is 7.26. The van der Waals surface area contributed by atoms with Gasteiger partial charge in [-0.15, -0.1) is 5.10 Å². The van der Waals surface area contributed by atoms with E-state index in [1.165, 1.54) is 12.1 Å². The number of hydrogen-bond donors (Lipinski definition) is 0. The molecular formula is C29H25F2N7O. The first-order valence-electron chi connectivity index (χ1n) is 12.7. The summed E-state index contributed by atoms with van der Waals surface area (Å²) < 4.78 is 39.9. The van der Waals surface area contributed by atoms with Crippen LogP contribution >= 0.6 is 0 Å². The van der Waals surface area contributed by atoms with Gasteiger partial charge < -0.3 is 4.74 Å². The van der Waals surface area contributed by atoms with Crippen LogP contribution in [0.4, 0.5) is 8.78 Å². The van der Waals surface area contributed by atoms with Crippen molar-refractivity contribution >= 4 is 10.9 Å². The molecule has 0 unspecified atom stereocenters. The lowest BCUT2D eigenvalue weighted by Crippen LogP contribution is -2.23. The Morgan fingerprint density at radius 2 is 1.85 bits per heavy atom. The summed E-state index contributed by atoms with van der Waals surface area (Å²) in [5.74, 6) is -2.91. The summed E-state index contributed by atoms with van der Waals surface area (Å²) in [6, 6.07) is 19.6. The van der Waals surface area contributed by atoms with Gasteiger partial charge in [0.25, 0.3) is 0 Å². The Kier molecular flexibility index (Phi) is 6.06. The van der Waals surface area contributed by atoms with Gasteiger partial charge in [-0.05, 0) is 77.1 Å². The summed E-state index contributed by atoms with van der Waals surface area (Å²) in [6.07, 6.45) is 2.17. The predicted molar refractivity (Wildman–Crippen MR) is 140 cm³/mol. The van der Waals surface area contributed by atoms with Crippen LogP contribution in [0.2, 0.25) is 0 Å². The van der Waals surface area contributed by atoms with E-state index in [1.807, 2.05) is 13.0 Å². The van der Waals surface area contributed by atoms with Crippen LogP contribution in [-0.2, 0) is 19.0 Å². The number of hydrogen-bond acceptors (Lipinski definition) is 6. The summed E-state index contributed by atoms with van der Waals surface area (Å²) in [7, 11) is 1.56. The maximum atomic E-state index is 15.9. The van der Waals surface area contributed by atoms with E-state index in [4.69, 9.17) is 4.74 Å². The highest BCUT2D eigenvalue weighted by Gasteiger charge is 2.41. The Labute approximate surface area is 223 Å². The maximum Gasteiger partial charge on any atom is 0.333 e. The molecule has 0 saturated heterocycles. The number of halogens is 2. The van der Waals surface area contributed by atoms with Crippen LogP contribution in [0.3, 0.4) is 0 Å². The quantitative estimate of drug-likeness (QED) is 0.272. The number of nitrogens with zero attached hydrogens (tertiary/aromatic N) is 7. The smallest absolute Gasteiger partial charge is 0.333 e. The number of methoxy groups -OCH3 is 1. The van der Waals surface area contributed by atoms with E-state index in [-0.39, 0.29) is 12.1 Å². The second-order valence-electron chi connectivity index (χ2n) is 9.82. The van der Waals surface area contributed by atoms with Crippen LogP contribution in [0.25, 0.3) is 10.9 Å². The molecule has 3 aromatic carbocycles. The van der Waals surface area contributed by atoms with Crippen molar-refractivity contribution in [2.45, 2.75) is 44.7 Å². The van der Waals surface area contributed by atoms with E-state index < -0.39 is 11.7 Å². The van der Waals surface area contributed by atoms with Crippen molar-refractivity contribution in [3.63, 3.8) is 0 Å². The topological polar surface area (TPSA) is 94.4 Å². The molecule has 2 aromatic heterocycles. The Hall–Kier alpha value is -4.65. The molecule has 5 aromatic rings. The van der Waals surface area contributed by atoms with Gasteiger partial charge in [-0.1, -0.05) is 36.4 Å². The van der Waals surface area contributed by atoms with Gasteiger partial charge in [-0.25, -0.2) is 4.68 Å². The van der Waals surface area contributed by atoms with Gasteiger partial charge >= 0.3 is 5.92 Å². The molecule has 10 heteroatoms. The fourth-order valence-corrected chi connectivity index (χ4v) is 5.04. The summed E-state index contributed by atoms with van der Waals surface area (Å²) in [6.45, 7) is 2.25. The third-order valence-corrected chi connectivity index (χ3v) is 7.26. The lowest BCUT2D eigenvalue weighted by Gasteiger charge is -2.17. The van der Waals surface area contributed by atoms with E-state index in [2.05, 4.69) is 32.8 Å². The largest absolute Gasteiger partial charge is 0.497 e. The fraction of sp³-hybridized carbons (Fsp3) is 0.276. The molecule has 2 heterocycles. The molecule has 1 aliphatic carbocycles. The molecule has 0 amide bonds. The van der Waals surface area contributed by atoms with E-state index in [0.29, 0.717) is 29.3 Å². The number of fused-ring (bicyclic) bond motifs is 1. The molecule has 6 rings (SSSR count). The van der Waals surface area contributed by atoms with Gasteiger partial charge in [0.05, 0.1) is 43.0 Å². The molecule has 0 spiro atoms. The molecule has 0 N–H and O–H groups in total. The van der Waals surface area contributed by atoms with Crippen molar-refractivity contribution in [2.24, 2.45) is 0 Å². The van der Waals surface area contributed by atoms with Gasteiger partial charge in [0, 0.05) is 10.9 Å². The van der Waals surface area contributed by atoms with Crippen molar-refractivity contribution < 1.29 is 13.5 Å². The number of ether oxygens (including phenoxy) is 1. The molecule has 0 aliphatic heterocycles. The van der Waals surface area contributed by atoms with E-state index in [0.717, 1.165) is 45.3 Å². The molecule has 196 valence electrons. The molecular weight excluding hydrogens is 500 g/mol. The van der Waals surface area contributed by atoms with E-state index in [9.17, 15) is 5.26 Å².